The minimum atomic E-state index is -0.459. The van der Waals surface area contributed by atoms with E-state index in [9.17, 15) is 4.39 Å². The van der Waals surface area contributed by atoms with Crippen molar-refractivity contribution < 1.29 is 4.39 Å². The van der Waals surface area contributed by atoms with Crippen molar-refractivity contribution >= 4 is 33.2 Å². The number of nitrogens with zero attached hydrogens (tertiary/aromatic N) is 3. The van der Waals surface area contributed by atoms with Crippen LogP contribution in [0.25, 0.3) is 21.7 Å². The lowest BCUT2D eigenvalue weighted by Crippen LogP contribution is -1.95. The fraction of sp³-hybridized carbons (Fsp3) is 0. The maximum absolute atomic E-state index is 13.6. The lowest BCUT2D eigenvalue weighted by molar-refractivity contribution is 0.624. The van der Waals surface area contributed by atoms with E-state index in [-0.39, 0.29) is 11.5 Å². The summed E-state index contributed by atoms with van der Waals surface area (Å²) in [7, 11) is 0. The normalized spacial score (nSPS) is 10.9. The highest BCUT2D eigenvalue weighted by molar-refractivity contribution is 7.16. The van der Waals surface area contributed by atoms with Crippen molar-refractivity contribution in [2.45, 2.75) is 0 Å². The van der Waals surface area contributed by atoms with Crippen molar-refractivity contribution in [2.75, 3.05) is 0 Å². The van der Waals surface area contributed by atoms with E-state index >= 15 is 0 Å². The Morgan fingerprint density at radius 3 is 2.94 bits per heavy atom. The fourth-order valence-corrected chi connectivity index (χ4v) is 2.53. The summed E-state index contributed by atoms with van der Waals surface area (Å²) in [6.07, 6.45) is 1.49. The third-order valence-corrected chi connectivity index (χ3v) is 3.34. The number of halogens is 2. The Morgan fingerprint density at radius 1 is 1.24 bits per heavy atom. The van der Waals surface area contributed by atoms with Gasteiger partial charge in [-0.2, -0.15) is 0 Å². The minimum absolute atomic E-state index is 0.115. The van der Waals surface area contributed by atoms with E-state index in [2.05, 4.69) is 15.0 Å². The number of hydrogen-bond acceptors (Lipinski definition) is 4. The summed E-state index contributed by atoms with van der Waals surface area (Å²) in [6.45, 7) is 0. The zero-order valence-electron chi connectivity index (χ0n) is 8.39. The van der Waals surface area contributed by atoms with Crippen LogP contribution in [-0.2, 0) is 0 Å². The van der Waals surface area contributed by atoms with E-state index in [1.54, 1.807) is 0 Å². The Labute approximate surface area is 105 Å². The topological polar surface area (TPSA) is 38.7 Å². The Kier molecular flexibility index (Phi) is 2.49. The van der Waals surface area contributed by atoms with Crippen molar-refractivity contribution in [3.8, 4) is 11.5 Å². The van der Waals surface area contributed by atoms with Crippen molar-refractivity contribution in [1.82, 2.24) is 15.0 Å². The molecule has 0 spiro atoms. The zero-order valence-corrected chi connectivity index (χ0v) is 9.96. The molecule has 17 heavy (non-hydrogen) atoms. The molecule has 0 atom stereocenters. The van der Waals surface area contributed by atoms with Gasteiger partial charge in [0.1, 0.15) is 15.7 Å². The van der Waals surface area contributed by atoms with E-state index in [1.807, 2.05) is 11.4 Å². The van der Waals surface area contributed by atoms with Crippen LogP contribution in [0.5, 0.6) is 0 Å². The first-order chi connectivity index (χ1) is 8.25. The molecule has 6 heteroatoms. The Bertz CT molecular complexity index is 698. The molecule has 0 saturated heterocycles. The maximum Gasteiger partial charge on any atom is 0.184 e. The number of thiophene rings is 1. The van der Waals surface area contributed by atoms with E-state index in [1.165, 1.54) is 29.7 Å². The van der Waals surface area contributed by atoms with Gasteiger partial charge in [0, 0.05) is 11.6 Å². The smallest absolute Gasteiger partial charge is 0.184 e. The number of hydrogen-bond donors (Lipinski definition) is 0. The second-order valence-electron chi connectivity index (χ2n) is 3.31. The molecule has 3 rings (SSSR count). The average Bonchev–Trinajstić information content (AvgIpc) is 2.78. The quantitative estimate of drug-likeness (QED) is 0.632. The van der Waals surface area contributed by atoms with Crippen molar-refractivity contribution in [1.29, 1.82) is 0 Å². The minimum Gasteiger partial charge on any atom is -0.250 e. The van der Waals surface area contributed by atoms with E-state index in [0.29, 0.717) is 5.15 Å². The first kappa shape index (κ1) is 10.6. The fourth-order valence-electron chi connectivity index (χ4n) is 1.48. The van der Waals surface area contributed by atoms with Crippen LogP contribution in [0, 0.1) is 5.82 Å². The summed E-state index contributed by atoms with van der Waals surface area (Å²) in [5.41, 5.74) is 0.115. The molecule has 0 unspecified atom stereocenters. The molecule has 0 aliphatic carbocycles. The van der Waals surface area contributed by atoms with Gasteiger partial charge in [0.25, 0.3) is 0 Å². The van der Waals surface area contributed by atoms with Gasteiger partial charge in [0.2, 0.25) is 0 Å². The van der Waals surface area contributed by atoms with E-state index in [0.717, 1.165) is 10.2 Å². The molecule has 0 fully saturated rings. The molecule has 0 bridgehead atoms. The molecule has 0 amide bonds. The SMILES string of the molecule is Fc1cccnc1-c1nc(Cl)c2ccsc2n1. The van der Waals surface area contributed by atoms with Crippen LogP contribution in [0.3, 0.4) is 0 Å². The summed E-state index contributed by atoms with van der Waals surface area (Å²) in [6, 6.07) is 4.67. The summed E-state index contributed by atoms with van der Waals surface area (Å²) in [4.78, 5) is 13.0. The summed E-state index contributed by atoms with van der Waals surface area (Å²) < 4.78 is 13.6. The highest BCUT2D eigenvalue weighted by Crippen LogP contribution is 2.28. The van der Waals surface area contributed by atoms with Crippen LogP contribution in [0.4, 0.5) is 4.39 Å². The molecule has 84 valence electrons. The van der Waals surface area contributed by atoms with Crippen molar-refractivity contribution in [3.63, 3.8) is 0 Å². The molecule has 0 radical (unpaired) electrons. The largest absolute Gasteiger partial charge is 0.250 e. The second-order valence-corrected chi connectivity index (χ2v) is 4.56. The van der Waals surface area contributed by atoms with Crippen LogP contribution in [0.1, 0.15) is 0 Å². The number of fused-ring (bicyclic) bond motifs is 1. The number of pyridine rings is 1. The maximum atomic E-state index is 13.6. The summed E-state index contributed by atoms with van der Waals surface area (Å²) >= 11 is 7.44. The number of aromatic nitrogens is 3. The van der Waals surface area contributed by atoms with Gasteiger partial charge < -0.3 is 0 Å². The molecular weight excluding hydrogens is 261 g/mol. The Balaban J connectivity index is 2.28. The monoisotopic (exact) mass is 265 g/mol. The average molecular weight is 266 g/mol. The van der Waals surface area contributed by atoms with Crippen LogP contribution >= 0.6 is 22.9 Å². The molecule has 0 saturated carbocycles. The standard InChI is InChI=1S/C11H5ClFN3S/c12-9-6-3-5-17-11(6)16-10(15-9)8-7(13)2-1-4-14-8/h1-5H. The van der Waals surface area contributed by atoms with Gasteiger partial charge in [-0.3, -0.25) is 0 Å². The molecule has 0 aliphatic heterocycles. The van der Waals surface area contributed by atoms with Crippen LogP contribution in [0.2, 0.25) is 5.15 Å². The molecule has 3 aromatic rings. The Morgan fingerprint density at radius 2 is 2.12 bits per heavy atom. The summed E-state index contributed by atoms with van der Waals surface area (Å²) in [5.74, 6) is -0.248. The van der Waals surface area contributed by atoms with Gasteiger partial charge in [0.05, 0.1) is 0 Å². The highest BCUT2D eigenvalue weighted by Gasteiger charge is 2.13. The zero-order chi connectivity index (χ0) is 11.8. The summed E-state index contributed by atoms with van der Waals surface area (Å²) in [5, 5.41) is 2.96. The Hall–Kier alpha value is -1.59. The van der Waals surface area contributed by atoms with Gasteiger partial charge in [-0.15, -0.1) is 11.3 Å². The van der Waals surface area contributed by atoms with Gasteiger partial charge in [-0.05, 0) is 23.6 Å². The molecule has 0 aliphatic rings. The second kappa shape index (κ2) is 4.01. The van der Waals surface area contributed by atoms with E-state index < -0.39 is 5.82 Å². The first-order valence-corrected chi connectivity index (χ1v) is 6.03. The predicted octanol–water partition coefficient (Wildman–Crippen LogP) is 3.55. The predicted molar refractivity (Wildman–Crippen MR) is 65.6 cm³/mol. The molecule has 0 aromatic carbocycles. The van der Waals surface area contributed by atoms with Crippen LogP contribution in [-0.4, -0.2) is 15.0 Å². The van der Waals surface area contributed by atoms with Gasteiger partial charge in [0.15, 0.2) is 11.6 Å². The van der Waals surface area contributed by atoms with Crippen molar-refractivity contribution in [3.05, 3.63) is 40.7 Å². The van der Waals surface area contributed by atoms with Gasteiger partial charge in [-0.1, -0.05) is 11.6 Å². The molecule has 3 aromatic heterocycles. The van der Waals surface area contributed by atoms with E-state index in [4.69, 9.17) is 11.6 Å². The molecule has 3 nitrogen and oxygen atoms in total. The lowest BCUT2D eigenvalue weighted by Gasteiger charge is -2.01. The first-order valence-electron chi connectivity index (χ1n) is 4.77. The van der Waals surface area contributed by atoms with Crippen molar-refractivity contribution in [2.24, 2.45) is 0 Å². The van der Waals surface area contributed by atoms with Gasteiger partial charge in [-0.25, -0.2) is 19.3 Å². The molecule has 0 N–H and O–H groups in total. The lowest BCUT2D eigenvalue weighted by atomic mass is 10.3. The highest BCUT2D eigenvalue weighted by atomic mass is 35.5. The number of rotatable bonds is 1. The molecular formula is C11H5ClFN3S. The third kappa shape index (κ3) is 1.77. The molecule has 3 heterocycles. The van der Waals surface area contributed by atoms with Crippen LogP contribution < -0.4 is 0 Å². The third-order valence-electron chi connectivity index (χ3n) is 2.25. The van der Waals surface area contributed by atoms with Gasteiger partial charge >= 0.3 is 0 Å². The van der Waals surface area contributed by atoms with Crippen LogP contribution in [0.15, 0.2) is 29.8 Å².